The third-order valence-corrected chi connectivity index (χ3v) is 7.43. The predicted octanol–water partition coefficient (Wildman–Crippen LogP) is 2.08. The zero-order valence-corrected chi connectivity index (χ0v) is 17.4. The average molecular weight is 397 g/mol. The Hall–Kier alpha value is -1.41. The van der Waals surface area contributed by atoms with E-state index in [0.29, 0.717) is 18.9 Å². The van der Waals surface area contributed by atoms with E-state index in [2.05, 4.69) is 29.1 Å². The van der Waals surface area contributed by atoms with Crippen molar-refractivity contribution in [1.82, 2.24) is 19.6 Å². The van der Waals surface area contributed by atoms with Crippen LogP contribution in [-0.4, -0.2) is 53.5 Å². The minimum atomic E-state index is -3.30. The fourth-order valence-electron chi connectivity index (χ4n) is 4.87. The van der Waals surface area contributed by atoms with E-state index in [-0.39, 0.29) is 18.0 Å². The SMILES string of the molecule is CC(C)CC[C@]1(C(=O)NCCCc2ncc[nH]2)C[C@H]2CC[C@@H]1N2S(C)(=O)=O. The molecule has 0 spiro atoms. The lowest BCUT2D eigenvalue weighted by Crippen LogP contribution is -2.50. The highest BCUT2D eigenvalue weighted by Crippen LogP contribution is 2.53. The molecule has 152 valence electrons. The first-order chi connectivity index (χ1) is 12.7. The van der Waals surface area contributed by atoms with Crippen LogP contribution in [0.15, 0.2) is 12.4 Å². The maximum Gasteiger partial charge on any atom is 0.227 e. The second-order valence-corrected chi connectivity index (χ2v) is 10.4. The third kappa shape index (κ3) is 4.21. The maximum absolute atomic E-state index is 13.2. The van der Waals surface area contributed by atoms with Gasteiger partial charge in [0.1, 0.15) is 5.82 Å². The molecule has 1 aromatic rings. The topological polar surface area (TPSA) is 95.2 Å². The number of H-pyrrole nitrogens is 1. The molecule has 0 aliphatic carbocycles. The third-order valence-electron chi connectivity index (χ3n) is 6.11. The number of aryl methyl sites for hydroxylation is 1. The van der Waals surface area contributed by atoms with Crippen LogP contribution in [0.3, 0.4) is 0 Å². The number of amides is 1. The summed E-state index contributed by atoms with van der Waals surface area (Å²) in [6.07, 6.45) is 10.4. The smallest absolute Gasteiger partial charge is 0.227 e. The number of sulfonamides is 1. The average Bonchev–Trinajstić information content (AvgIpc) is 3.31. The van der Waals surface area contributed by atoms with Gasteiger partial charge in [0, 0.05) is 37.4 Å². The molecule has 2 bridgehead atoms. The Kier molecular flexibility index (Phi) is 5.96. The van der Waals surface area contributed by atoms with E-state index >= 15 is 0 Å². The molecule has 3 rings (SSSR count). The molecular weight excluding hydrogens is 364 g/mol. The number of nitrogens with one attached hydrogen (secondary N) is 2. The molecule has 1 aromatic heterocycles. The van der Waals surface area contributed by atoms with E-state index < -0.39 is 15.4 Å². The summed E-state index contributed by atoms with van der Waals surface area (Å²) in [4.78, 5) is 20.5. The normalized spacial score (nSPS) is 28.1. The minimum Gasteiger partial charge on any atom is -0.356 e. The van der Waals surface area contributed by atoms with Crippen LogP contribution in [0.25, 0.3) is 0 Å². The minimum absolute atomic E-state index is 0.0222. The molecule has 2 N–H and O–H groups in total. The molecule has 0 radical (unpaired) electrons. The summed E-state index contributed by atoms with van der Waals surface area (Å²) in [6, 6.07) is -0.215. The first kappa shape index (κ1) is 20.3. The van der Waals surface area contributed by atoms with Crippen molar-refractivity contribution in [3.63, 3.8) is 0 Å². The van der Waals surface area contributed by atoms with Crippen LogP contribution in [0.4, 0.5) is 0 Å². The Morgan fingerprint density at radius 2 is 2.22 bits per heavy atom. The monoisotopic (exact) mass is 396 g/mol. The van der Waals surface area contributed by atoms with Crippen molar-refractivity contribution >= 4 is 15.9 Å². The van der Waals surface area contributed by atoms with E-state index in [1.807, 2.05) is 0 Å². The number of rotatable bonds is 9. The molecular formula is C19H32N4O3S. The zero-order chi connectivity index (χ0) is 19.7. The first-order valence-electron chi connectivity index (χ1n) is 9.99. The number of nitrogens with zero attached hydrogens (tertiary/aromatic N) is 2. The van der Waals surface area contributed by atoms with Gasteiger partial charge in [-0.15, -0.1) is 0 Å². The summed E-state index contributed by atoms with van der Waals surface area (Å²) in [5.74, 6) is 1.44. The Morgan fingerprint density at radius 1 is 1.44 bits per heavy atom. The Morgan fingerprint density at radius 3 is 2.81 bits per heavy atom. The van der Waals surface area contributed by atoms with Gasteiger partial charge < -0.3 is 10.3 Å². The molecule has 27 heavy (non-hydrogen) atoms. The van der Waals surface area contributed by atoms with Crippen molar-refractivity contribution in [3.05, 3.63) is 18.2 Å². The molecule has 7 nitrogen and oxygen atoms in total. The van der Waals surface area contributed by atoms with Gasteiger partial charge in [0.05, 0.1) is 11.7 Å². The summed E-state index contributed by atoms with van der Waals surface area (Å²) in [6.45, 7) is 4.88. The molecule has 0 saturated carbocycles. The molecule has 0 unspecified atom stereocenters. The van der Waals surface area contributed by atoms with Crippen LogP contribution >= 0.6 is 0 Å². The second-order valence-electron chi connectivity index (χ2n) is 8.53. The van der Waals surface area contributed by atoms with Crippen molar-refractivity contribution in [2.24, 2.45) is 11.3 Å². The van der Waals surface area contributed by atoms with E-state index in [4.69, 9.17) is 0 Å². The Bertz CT molecular complexity index is 747. The van der Waals surface area contributed by atoms with E-state index in [1.165, 1.54) is 6.26 Å². The summed E-state index contributed by atoms with van der Waals surface area (Å²) < 4.78 is 26.3. The van der Waals surface area contributed by atoms with E-state index in [0.717, 1.165) is 44.3 Å². The van der Waals surface area contributed by atoms with Gasteiger partial charge in [-0.25, -0.2) is 13.4 Å². The molecule has 3 atom stereocenters. The molecule has 8 heteroatoms. The number of hydrogen-bond donors (Lipinski definition) is 2. The second kappa shape index (κ2) is 7.91. The number of hydrogen-bond acceptors (Lipinski definition) is 4. The molecule has 2 aliphatic rings. The quantitative estimate of drug-likeness (QED) is 0.625. The molecule has 0 aromatic carbocycles. The van der Waals surface area contributed by atoms with Crippen LogP contribution in [0.2, 0.25) is 0 Å². The lowest BCUT2D eigenvalue weighted by Gasteiger charge is -2.36. The van der Waals surface area contributed by atoms with Gasteiger partial charge in [-0.1, -0.05) is 13.8 Å². The van der Waals surface area contributed by atoms with Gasteiger partial charge >= 0.3 is 0 Å². The fourth-order valence-corrected chi connectivity index (χ4v) is 6.36. The zero-order valence-electron chi connectivity index (χ0n) is 16.6. The number of carbonyl (C=O) groups excluding carboxylic acids is 1. The molecule has 3 heterocycles. The highest BCUT2D eigenvalue weighted by Gasteiger charge is 2.61. The summed E-state index contributed by atoms with van der Waals surface area (Å²) in [5.41, 5.74) is -0.582. The summed E-state index contributed by atoms with van der Waals surface area (Å²) in [7, 11) is -3.30. The van der Waals surface area contributed by atoms with Gasteiger partial charge in [-0.3, -0.25) is 4.79 Å². The van der Waals surface area contributed by atoms with E-state index in [9.17, 15) is 13.2 Å². The van der Waals surface area contributed by atoms with Gasteiger partial charge in [-0.05, 0) is 44.4 Å². The molecule has 2 saturated heterocycles. The predicted molar refractivity (Wildman–Crippen MR) is 105 cm³/mol. The maximum atomic E-state index is 13.2. The highest BCUT2D eigenvalue weighted by molar-refractivity contribution is 7.88. The number of fused-ring (bicyclic) bond motifs is 2. The number of carbonyl (C=O) groups is 1. The standard InChI is InChI=1S/C19H32N4O3S/c1-14(2)8-9-19(13-15-6-7-16(19)23(15)27(3,25)26)18(24)22-10-4-5-17-20-11-12-21-17/h11-12,14-16H,4-10,13H2,1-3H3,(H,20,21)(H,22,24)/t15-,16+,19+/m1/s1. The summed E-state index contributed by atoms with van der Waals surface area (Å²) in [5, 5.41) is 3.11. The van der Waals surface area contributed by atoms with Gasteiger partial charge in [-0.2, -0.15) is 4.31 Å². The molecule has 2 aliphatic heterocycles. The molecule has 2 fully saturated rings. The Balaban J connectivity index is 1.68. The van der Waals surface area contributed by atoms with Crippen molar-refractivity contribution in [2.45, 2.75) is 70.9 Å². The fraction of sp³-hybridized carbons (Fsp3) is 0.789. The van der Waals surface area contributed by atoms with Gasteiger partial charge in [0.2, 0.25) is 15.9 Å². The van der Waals surface area contributed by atoms with E-state index in [1.54, 1.807) is 16.7 Å². The van der Waals surface area contributed by atoms with Gasteiger partial charge in [0.15, 0.2) is 0 Å². The number of aromatic nitrogens is 2. The first-order valence-corrected chi connectivity index (χ1v) is 11.8. The lowest BCUT2D eigenvalue weighted by molar-refractivity contribution is -0.133. The summed E-state index contributed by atoms with van der Waals surface area (Å²) >= 11 is 0. The van der Waals surface area contributed by atoms with Crippen molar-refractivity contribution in [3.8, 4) is 0 Å². The van der Waals surface area contributed by atoms with Crippen molar-refractivity contribution in [2.75, 3.05) is 12.8 Å². The van der Waals surface area contributed by atoms with Crippen LogP contribution < -0.4 is 5.32 Å². The lowest BCUT2D eigenvalue weighted by atomic mass is 9.69. The van der Waals surface area contributed by atoms with Crippen molar-refractivity contribution in [1.29, 1.82) is 0 Å². The largest absolute Gasteiger partial charge is 0.356 e. The molecule has 1 amide bonds. The van der Waals surface area contributed by atoms with Crippen LogP contribution in [0, 0.1) is 11.3 Å². The Labute approximate surface area is 162 Å². The number of imidazole rings is 1. The van der Waals surface area contributed by atoms with Crippen LogP contribution in [0.1, 0.15) is 58.2 Å². The number of aromatic amines is 1. The van der Waals surface area contributed by atoms with Crippen LogP contribution in [0.5, 0.6) is 0 Å². The van der Waals surface area contributed by atoms with Gasteiger partial charge in [0.25, 0.3) is 0 Å². The van der Waals surface area contributed by atoms with Crippen molar-refractivity contribution < 1.29 is 13.2 Å². The highest BCUT2D eigenvalue weighted by atomic mass is 32.2. The van der Waals surface area contributed by atoms with Crippen LogP contribution in [-0.2, 0) is 21.2 Å².